The lowest BCUT2D eigenvalue weighted by Crippen LogP contribution is -2.37. The first-order chi connectivity index (χ1) is 31.0. The van der Waals surface area contributed by atoms with Crippen molar-refractivity contribution >= 4 is 19.8 Å². The molecule has 0 amide bonds. The van der Waals surface area contributed by atoms with E-state index in [0.29, 0.717) is 17.4 Å². The first-order valence-electron chi connectivity index (χ1n) is 26.4. The van der Waals surface area contributed by atoms with Gasteiger partial charge in [-0.25, -0.2) is 4.57 Å². The highest BCUT2D eigenvalue weighted by atomic mass is 31.2. The van der Waals surface area contributed by atoms with Gasteiger partial charge in [0.2, 0.25) is 0 Å². The van der Waals surface area contributed by atoms with Gasteiger partial charge in [0.1, 0.15) is 19.8 Å². The molecule has 0 radical (unpaired) electrons. The molecule has 0 rings (SSSR count). The molecule has 0 bridgehead atoms. The Kier molecular flexibility index (Phi) is 44.6. The molecule has 0 saturated heterocycles. The van der Waals surface area contributed by atoms with Crippen LogP contribution >= 0.6 is 7.82 Å². The topological polar surface area (TPSA) is 108 Å². The van der Waals surface area contributed by atoms with Crippen LogP contribution in [0.1, 0.15) is 232 Å². The van der Waals surface area contributed by atoms with Crippen molar-refractivity contribution < 1.29 is 42.1 Å². The second-order valence-electron chi connectivity index (χ2n) is 18.9. The average Bonchev–Trinajstić information content (AvgIpc) is 3.25. The Bertz CT molecular complexity index is 1230. The normalized spacial score (nSPS) is 13.8. The Balaban J connectivity index is 4.12. The van der Waals surface area contributed by atoms with Crippen molar-refractivity contribution in [3.8, 4) is 0 Å². The minimum atomic E-state index is -4.40. The molecule has 1 N–H and O–H groups in total. The molecule has 0 aliphatic rings. The molecule has 64 heavy (non-hydrogen) atoms. The van der Waals surface area contributed by atoms with Crippen LogP contribution in [-0.2, 0) is 32.7 Å². The van der Waals surface area contributed by atoms with Crippen LogP contribution < -0.4 is 0 Å². The average molecular weight is 923 g/mol. The number of unbranched alkanes of at least 4 members (excludes halogenated alkanes) is 26. The number of ether oxygens (including phenoxy) is 2. The fourth-order valence-electron chi connectivity index (χ4n) is 7.32. The summed E-state index contributed by atoms with van der Waals surface area (Å²) in [5, 5.41) is 0. The summed E-state index contributed by atoms with van der Waals surface area (Å²) in [6.45, 7) is 4.25. The Morgan fingerprint density at radius 1 is 0.500 bits per heavy atom. The number of esters is 2. The number of quaternary nitrogens is 1. The summed E-state index contributed by atoms with van der Waals surface area (Å²) in [4.78, 5) is 35.4. The van der Waals surface area contributed by atoms with E-state index in [1.165, 1.54) is 154 Å². The lowest BCUT2D eigenvalue weighted by atomic mass is 10.0. The van der Waals surface area contributed by atoms with E-state index < -0.39 is 26.5 Å². The molecule has 0 aromatic heterocycles. The van der Waals surface area contributed by atoms with Gasteiger partial charge in [-0.2, -0.15) is 0 Å². The molecule has 0 spiro atoms. The van der Waals surface area contributed by atoms with Crippen LogP contribution in [0.3, 0.4) is 0 Å². The maximum Gasteiger partial charge on any atom is 0.472 e. The number of carbonyl (C=O) groups is 2. The lowest BCUT2D eigenvalue weighted by Gasteiger charge is -2.24. The maximum atomic E-state index is 12.7. The molecule has 9 nitrogen and oxygen atoms in total. The summed E-state index contributed by atoms with van der Waals surface area (Å²) in [5.41, 5.74) is 0. The third-order valence-corrected chi connectivity index (χ3v) is 12.4. The van der Waals surface area contributed by atoms with E-state index in [2.05, 4.69) is 50.3 Å². The molecule has 2 atom stereocenters. The second-order valence-corrected chi connectivity index (χ2v) is 20.3. The Morgan fingerprint density at radius 2 is 0.891 bits per heavy atom. The molecule has 0 heterocycles. The number of rotatable bonds is 48. The minimum absolute atomic E-state index is 0.0191. The summed E-state index contributed by atoms with van der Waals surface area (Å²) in [6, 6.07) is 0. The highest BCUT2D eigenvalue weighted by Crippen LogP contribution is 2.43. The van der Waals surface area contributed by atoms with E-state index >= 15 is 0 Å². The molecular weight excluding hydrogens is 822 g/mol. The molecule has 0 saturated carbocycles. The van der Waals surface area contributed by atoms with Gasteiger partial charge in [0, 0.05) is 12.8 Å². The zero-order chi connectivity index (χ0) is 47.1. The van der Waals surface area contributed by atoms with Crippen LogP contribution in [0.25, 0.3) is 0 Å². The molecule has 0 aromatic carbocycles. The van der Waals surface area contributed by atoms with Crippen molar-refractivity contribution in [1.29, 1.82) is 0 Å². The van der Waals surface area contributed by atoms with Gasteiger partial charge in [0.25, 0.3) is 0 Å². The van der Waals surface area contributed by atoms with E-state index in [1.807, 2.05) is 33.3 Å². The third kappa shape index (κ3) is 49.4. The number of nitrogens with zero attached hydrogens (tertiary/aromatic N) is 1. The second kappa shape index (κ2) is 46.1. The number of phosphoric ester groups is 1. The van der Waals surface area contributed by atoms with Gasteiger partial charge in [0.05, 0.1) is 27.7 Å². The van der Waals surface area contributed by atoms with Crippen LogP contribution in [0.4, 0.5) is 0 Å². The monoisotopic (exact) mass is 923 g/mol. The number of allylic oxidation sites excluding steroid dienone is 8. The Morgan fingerprint density at radius 3 is 1.30 bits per heavy atom. The van der Waals surface area contributed by atoms with E-state index in [9.17, 15) is 19.0 Å². The molecule has 0 aromatic rings. The van der Waals surface area contributed by atoms with Crippen LogP contribution in [0.5, 0.6) is 0 Å². The van der Waals surface area contributed by atoms with E-state index in [0.717, 1.165) is 44.9 Å². The zero-order valence-electron chi connectivity index (χ0n) is 42.3. The molecule has 0 fully saturated rings. The maximum absolute atomic E-state index is 12.7. The number of carbonyl (C=O) groups excluding carboxylic acids is 2. The van der Waals surface area contributed by atoms with Gasteiger partial charge in [-0.05, 0) is 38.5 Å². The first-order valence-corrected chi connectivity index (χ1v) is 27.9. The van der Waals surface area contributed by atoms with Crippen LogP contribution in [0.2, 0.25) is 0 Å². The quantitative estimate of drug-likeness (QED) is 0.0211. The van der Waals surface area contributed by atoms with Gasteiger partial charge in [-0.15, -0.1) is 0 Å². The summed E-state index contributed by atoms with van der Waals surface area (Å²) >= 11 is 0. The van der Waals surface area contributed by atoms with Gasteiger partial charge in [-0.3, -0.25) is 18.6 Å². The van der Waals surface area contributed by atoms with Crippen molar-refractivity contribution in [3.63, 3.8) is 0 Å². The third-order valence-electron chi connectivity index (χ3n) is 11.4. The van der Waals surface area contributed by atoms with Gasteiger partial charge >= 0.3 is 19.8 Å². The number of phosphoric acid groups is 1. The smallest absolute Gasteiger partial charge is 0.462 e. The molecular formula is C54H101NO8P+. The van der Waals surface area contributed by atoms with Crippen molar-refractivity contribution in [1.82, 2.24) is 0 Å². The van der Waals surface area contributed by atoms with Crippen LogP contribution in [0, 0.1) is 0 Å². The highest BCUT2D eigenvalue weighted by molar-refractivity contribution is 7.47. The van der Waals surface area contributed by atoms with Crippen molar-refractivity contribution in [2.45, 2.75) is 238 Å². The van der Waals surface area contributed by atoms with E-state index in [4.69, 9.17) is 18.5 Å². The zero-order valence-corrected chi connectivity index (χ0v) is 43.2. The molecule has 0 aliphatic carbocycles. The summed E-state index contributed by atoms with van der Waals surface area (Å²) in [6.07, 6.45) is 56.4. The predicted octanol–water partition coefficient (Wildman–Crippen LogP) is 15.8. The Labute approximate surface area is 394 Å². The molecule has 10 heteroatoms. The van der Waals surface area contributed by atoms with E-state index in [1.54, 1.807) is 0 Å². The lowest BCUT2D eigenvalue weighted by molar-refractivity contribution is -0.870. The predicted molar refractivity (Wildman–Crippen MR) is 270 cm³/mol. The first kappa shape index (κ1) is 62.0. The number of hydrogen-bond acceptors (Lipinski definition) is 7. The standard InChI is InChI=1S/C54H100NO8P/c1-6-8-10-12-14-16-18-20-21-22-23-24-25-26-27-28-29-30-31-32-33-35-36-38-40-42-44-46-53(56)60-50-52(51-62-64(58,59)61-49-48-55(3,4)5)63-54(57)47-45-43-41-39-37-34-19-17-15-13-11-9-7-2/h9,11,15,17,34,37,41,43,52H,6-8,10,12-14,16,18-33,35-36,38-40,42,44-51H2,1-5H3/p+1/b11-9-,17-15-,37-34-,43-41-. The summed E-state index contributed by atoms with van der Waals surface area (Å²) in [7, 11) is 1.44. The van der Waals surface area contributed by atoms with Gasteiger partial charge in [0.15, 0.2) is 6.10 Å². The fourth-order valence-corrected chi connectivity index (χ4v) is 8.07. The fraction of sp³-hybridized carbons (Fsp3) is 0.815. The van der Waals surface area contributed by atoms with Gasteiger partial charge in [-0.1, -0.05) is 229 Å². The van der Waals surface area contributed by atoms with Crippen molar-refractivity contribution in [3.05, 3.63) is 48.6 Å². The number of hydrogen-bond donors (Lipinski definition) is 1. The highest BCUT2D eigenvalue weighted by Gasteiger charge is 2.27. The van der Waals surface area contributed by atoms with Crippen molar-refractivity contribution in [2.75, 3.05) is 47.5 Å². The SMILES string of the molecule is CC/C=C\C/C=C\C/C=C\C/C=C\CCC(=O)OC(COC(=O)CCCCCCCCCCCCCCCCCCCCCCCCCCCCC)COP(=O)(O)OCC[N+](C)(C)C. The molecule has 374 valence electrons. The Hall–Kier alpha value is -2.03. The summed E-state index contributed by atoms with van der Waals surface area (Å²) < 4.78 is 34.3. The number of likely N-dealkylation sites (N-methyl/N-ethyl adjacent to an activating group) is 1. The van der Waals surface area contributed by atoms with Crippen LogP contribution in [-0.4, -0.2) is 74.9 Å². The van der Waals surface area contributed by atoms with E-state index in [-0.39, 0.29) is 32.0 Å². The minimum Gasteiger partial charge on any atom is -0.462 e. The van der Waals surface area contributed by atoms with Crippen molar-refractivity contribution in [2.24, 2.45) is 0 Å². The molecule has 2 unspecified atom stereocenters. The van der Waals surface area contributed by atoms with Gasteiger partial charge < -0.3 is 18.9 Å². The molecule has 0 aliphatic heterocycles. The van der Waals surface area contributed by atoms with Crippen LogP contribution in [0.15, 0.2) is 48.6 Å². The largest absolute Gasteiger partial charge is 0.472 e. The summed E-state index contributed by atoms with van der Waals surface area (Å²) in [5.74, 6) is -0.886.